The predicted molar refractivity (Wildman–Crippen MR) is 133 cm³/mol. The Morgan fingerprint density at radius 1 is 1.08 bits per heavy atom. The zero-order valence-electron chi connectivity index (χ0n) is 20.7. The molecule has 0 saturated carbocycles. The van der Waals surface area contributed by atoms with E-state index < -0.39 is 23.3 Å². The van der Waals surface area contributed by atoms with Gasteiger partial charge in [0.25, 0.3) is 0 Å². The molecule has 0 aliphatic carbocycles. The van der Waals surface area contributed by atoms with Crippen molar-refractivity contribution in [3.63, 3.8) is 0 Å². The molecular formula is C27H28F3NO4S. The highest BCUT2D eigenvalue weighted by molar-refractivity contribution is 7.15. The van der Waals surface area contributed by atoms with Gasteiger partial charge in [0.15, 0.2) is 11.4 Å². The van der Waals surface area contributed by atoms with Crippen LogP contribution in [0.3, 0.4) is 0 Å². The van der Waals surface area contributed by atoms with Crippen molar-refractivity contribution in [1.29, 1.82) is 0 Å². The molecule has 0 spiro atoms. The molecule has 0 fully saturated rings. The number of ketones is 1. The minimum atomic E-state index is -4.40. The van der Waals surface area contributed by atoms with Crippen LogP contribution in [-0.4, -0.2) is 27.4 Å². The molecule has 3 rings (SSSR count). The number of halogens is 3. The minimum Gasteiger partial charge on any atom is -0.478 e. The number of carboxylic acid groups (broad SMARTS) is 1. The van der Waals surface area contributed by atoms with Crippen molar-refractivity contribution in [3.05, 3.63) is 69.7 Å². The molecule has 1 aromatic heterocycles. The molecule has 0 aliphatic heterocycles. The van der Waals surface area contributed by atoms with E-state index in [1.54, 1.807) is 25.1 Å². The van der Waals surface area contributed by atoms with Gasteiger partial charge in [0.05, 0.1) is 11.3 Å². The van der Waals surface area contributed by atoms with Crippen molar-refractivity contribution in [2.75, 3.05) is 0 Å². The summed E-state index contributed by atoms with van der Waals surface area (Å²) >= 11 is 1.37. The highest BCUT2D eigenvalue weighted by Gasteiger charge is 2.31. The quantitative estimate of drug-likeness (QED) is 0.300. The normalized spacial score (nSPS) is 12.1. The van der Waals surface area contributed by atoms with Crippen LogP contribution >= 0.6 is 11.3 Å². The molecule has 5 nitrogen and oxygen atoms in total. The number of hydrogen-bond acceptors (Lipinski definition) is 5. The smallest absolute Gasteiger partial charge is 0.416 e. The molecule has 0 unspecified atom stereocenters. The number of ether oxygens (including phenoxy) is 1. The van der Waals surface area contributed by atoms with Gasteiger partial charge in [-0.2, -0.15) is 13.2 Å². The lowest BCUT2D eigenvalue weighted by atomic mass is 10.0. The number of Topliss-reactive ketones (excluding diaryl/α,β-unsaturated/α-hetero) is 1. The first-order chi connectivity index (χ1) is 16.7. The summed E-state index contributed by atoms with van der Waals surface area (Å²) in [7, 11) is 0. The molecule has 9 heteroatoms. The predicted octanol–water partition coefficient (Wildman–Crippen LogP) is 7.32. The number of thiazole rings is 1. The van der Waals surface area contributed by atoms with E-state index >= 15 is 0 Å². The van der Waals surface area contributed by atoms with Crippen molar-refractivity contribution in [2.24, 2.45) is 0 Å². The largest absolute Gasteiger partial charge is 0.478 e. The molecule has 3 aromatic rings. The number of aryl methyl sites for hydroxylation is 2. The maximum atomic E-state index is 13.0. The monoisotopic (exact) mass is 519 g/mol. The molecular weight excluding hydrogens is 491 g/mol. The van der Waals surface area contributed by atoms with Gasteiger partial charge in [-0.05, 0) is 56.9 Å². The van der Waals surface area contributed by atoms with Crippen LogP contribution in [0.2, 0.25) is 0 Å². The summed E-state index contributed by atoms with van der Waals surface area (Å²) in [6, 6.07) is 9.86. The molecule has 0 aliphatic rings. The fourth-order valence-corrected chi connectivity index (χ4v) is 4.71. The van der Waals surface area contributed by atoms with E-state index in [1.807, 2.05) is 13.8 Å². The second-order valence-corrected chi connectivity index (χ2v) is 10.5. The number of hydrogen-bond donors (Lipinski definition) is 1. The Kier molecular flexibility index (Phi) is 7.93. The van der Waals surface area contributed by atoms with Gasteiger partial charge in [0.1, 0.15) is 10.8 Å². The highest BCUT2D eigenvalue weighted by atomic mass is 32.1. The average molecular weight is 520 g/mol. The van der Waals surface area contributed by atoms with Gasteiger partial charge in [-0.25, -0.2) is 9.78 Å². The molecule has 0 amide bonds. The molecule has 2 aromatic carbocycles. The van der Waals surface area contributed by atoms with Crippen LogP contribution in [-0.2, 0) is 17.4 Å². The number of aromatic nitrogens is 1. The Morgan fingerprint density at radius 3 is 2.28 bits per heavy atom. The van der Waals surface area contributed by atoms with Crippen LogP contribution in [0.15, 0.2) is 42.5 Å². The van der Waals surface area contributed by atoms with Gasteiger partial charge in [-0.3, -0.25) is 4.79 Å². The molecule has 0 bridgehead atoms. The van der Waals surface area contributed by atoms with Crippen molar-refractivity contribution < 1.29 is 32.6 Å². The average Bonchev–Trinajstić information content (AvgIpc) is 3.23. The summed E-state index contributed by atoms with van der Waals surface area (Å²) in [4.78, 5) is 30.0. The Bertz CT molecular complexity index is 1260. The standard InChI is InChI=1S/C27H28F3NO4S/c1-15(2)23-22(36-24(31-23)17-8-10-19(11-9-17)27(28,29)30)13-12-20(32)18-7-6-16(3)21(14-18)35-26(4,5)25(33)34/h6-11,14-15H,12-13H2,1-5H3,(H,33,34). The Balaban J connectivity index is 1.79. The Hall–Kier alpha value is -3.20. The van der Waals surface area contributed by atoms with Gasteiger partial charge in [0, 0.05) is 22.4 Å². The first-order valence-electron chi connectivity index (χ1n) is 11.4. The summed E-state index contributed by atoms with van der Waals surface area (Å²) in [6.07, 6.45) is -3.78. The zero-order valence-corrected chi connectivity index (χ0v) is 21.5. The van der Waals surface area contributed by atoms with Crippen LogP contribution in [0.1, 0.15) is 72.1 Å². The SMILES string of the molecule is Cc1ccc(C(=O)CCc2sc(-c3ccc(C(F)(F)F)cc3)nc2C(C)C)cc1OC(C)(C)C(=O)O. The molecule has 0 radical (unpaired) electrons. The Labute approximate surface area is 212 Å². The number of aliphatic carboxylic acids is 1. The first kappa shape index (κ1) is 27.4. The van der Waals surface area contributed by atoms with E-state index in [0.29, 0.717) is 33.9 Å². The molecule has 0 atom stereocenters. The maximum Gasteiger partial charge on any atom is 0.416 e. The number of rotatable bonds is 9. The van der Waals surface area contributed by atoms with E-state index in [-0.39, 0.29) is 18.1 Å². The maximum absolute atomic E-state index is 13.0. The number of carbonyl (C=O) groups is 2. The lowest BCUT2D eigenvalue weighted by Crippen LogP contribution is -2.38. The van der Waals surface area contributed by atoms with E-state index in [1.165, 1.54) is 37.3 Å². The fourth-order valence-electron chi connectivity index (χ4n) is 3.49. The number of carbonyl (C=O) groups excluding carboxylic acids is 1. The van der Waals surface area contributed by atoms with Crippen LogP contribution in [0.4, 0.5) is 13.2 Å². The minimum absolute atomic E-state index is 0.0761. The number of alkyl halides is 3. The topological polar surface area (TPSA) is 76.5 Å². The zero-order chi connectivity index (χ0) is 26.8. The van der Waals surface area contributed by atoms with E-state index in [9.17, 15) is 27.9 Å². The van der Waals surface area contributed by atoms with E-state index in [2.05, 4.69) is 4.98 Å². The molecule has 36 heavy (non-hydrogen) atoms. The summed E-state index contributed by atoms with van der Waals surface area (Å²) in [5.74, 6) is -0.841. The molecule has 1 N–H and O–H groups in total. The number of nitrogens with zero attached hydrogens (tertiary/aromatic N) is 1. The number of benzene rings is 2. The highest BCUT2D eigenvalue weighted by Crippen LogP contribution is 2.35. The van der Waals surface area contributed by atoms with Gasteiger partial charge >= 0.3 is 12.1 Å². The van der Waals surface area contributed by atoms with Crippen molar-refractivity contribution >= 4 is 23.1 Å². The van der Waals surface area contributed by atoms with Gasteiger partial charge in [-0.15, -0.1) is 11.3 Å². The van der Waals surface area contributed by atoms with Crippen molar-refractivity contribution in [3.8, 4) is 16.3 Å². The first-order valence-corrected chi connectivity index (χ1v) is 12.2. The van der Waals surface area contributed by atoms with Crippen LogP contribution < -0.4 is 4.74 Å². The third-order valence-electron chi connectivity index (χ3n) is 5.70. The fraction of sp³-hybridized carbons (Fsp3) is 0.370. The Morgan fingerprint density at radius 2 is 1.72 bits per heavy atom. The van der Waals surface area contributed by atoms with E-state index in [0.717, 1.165) is 22.7 Å². The van der Waals surface area contributed by atoms with Gasteiger partial charge in [0.2, 0.25) is 0 Å². The molecule has 192 valence electrons. The second kappa shape index (κ2) is 10.4. The molecule has 1 heterocycles. The summed E-state index contributed by atoms with van der Waals surface area (Å²) in [6.45, 7) is 8.61. The second-order valence-electron chi connectivity index (χ2n) is 9.38. The molecule has 0 saturated heterocycles. The van der Waals surface area contributed by atoms with Crippen molar-refractivity contribution in [1.82, 2.24) is 4.98 Å². The van der Waals surface area contributed by atoms with Gasteiger partial charge < -0.3 is 9.84 Å². The third-order valence-corrected chi connectivity index (χ3v) is 6.88. The van der Waals surface area contributed by atoms with Crippen molar-refractivity contribution in [2.45, 2.75) is 65.2 Å². The lowest BCUT2D eigenvalue weighted by molar-refractivity contribution is -0.152. The van der Waals surface area contributed by atoms with E-state index in [4.69, 9.17) is 4.74 Å². The summed E-state index contributed by atoms with van der Waals surface area (Å²) < 4.78 is 44.3. The summed E-state index contributed by atoms with van der Waals surface area (Å²) in [5, 5.41) is 9.95. The van der Waals surface area contributed by atoms with Crippen LogP contribution in [0.5, 0.6) is 5.75 Å². The van der Waals surface area contributed by atoms with Gasteiger partial charge in [-0.1, -0.05) is 38.1 Å². The lowest BCUT2D eigenvalue weighted by Gasteiger charge is -2.23. The summed E-state index contributed by atoms with van der Waals surface area (Å²) in [5.41, 5.74) is 0.371. The third kappa shape index (κ3) is 6.32. The number of carboxylic acids is 1. The van der Waals surface area contributed by atoms with Crippen LogP contribution in [0.25, 0.3) is 10.6 Å². The van der Waals surface area contributed by atoms with Crippen LogP contribution in [0, 0.1) is 6.92 Å².